The number of non-ortho nitro benzene ring substituents is 1. The molecule has 0 aliphatic rings. The quantitative estimate of drug-likeness (QED) is 0.228. The molecule has 0 radical (unpaired) electrons. The molecule has 0 unspecified atom stereocenters. The summed E-state index contributed by atoms with van der Waals surface area (Å²) in [7, 11) is 1.59. The molecule has 11 heteroatoms. The first-order valence-corrected chi connectivity index (χ1v) is 10.7. The number of aromatic nitrogens is 2. The van der Waals surface area contributed by atoms with Gasteiger partial charge in [-0.05, 0) is 42.5 Å². The molecule has 33 heavy (non-hydrogen) atoms. The minimum absolute atomic E-state index is 0.113. The number of benzene rings is 3. The third-order valence-corrected chi connectivity index (χ3v) is 5.98. The number of nitro groups is 2. The van der Waals surface area contributed by atoms with Crippen molar-refractivity contribution >= 4 is 34.7 Å². The molecule has 0 N–H and O–H groups in total. The highest BCUT2D eigenvalue weighted by Gasteiger charge is 2.23. The monoisotopic (exact) mass is 482 g/mol. The molecule has 0 atom stereocenters. The molecule has 4 aromatic rings. The Morgan fingerprint density at radius 2 is 1.67 bits per heavy atom. The van der Waals surface area contributed by atoms with Crippen LogP contribution < -0.4 is 4.74 Å². The van der Waals surface area contributed by atoms with E-state index in [2.05, 4.69) is 5.10 Å². The summed E-state index contributed by atoms with van der Waals surface area (Å²) < 4.78 is 6.56. The Hall–Kier alpha value is -3.89. The van der Waals surface area contributed by atoms with Gasteiger partial charge >= 0.3 is 5.69 Å². The van der Waals surface area contributed by atoms with Gasteiger partial charge in [-0.3, -0.25) is 20.2 Å². The van der Waals surface area contributed by atoms with Crippen LogP contribution >= 0.6 is 23.4 Å². The Bertz CT molecular complexity index is 1340. The fraction of sp³-hybridized carbons (Fsp3) is 0.0455. The fourth-order valence-corrected chi connectivity index (χ4v) is 4.16. The van der Waals surface area contributed by atoms with Gasteiger partial charge in [0.2, 0.25) is 0 Å². The molecule has 0 spiro atoms. The number of halogens is 1. The summed E-state index contributed by atoms with van der Waals surface area (Å²) in [6.45, 7) is 0. The average Bonchev–Trinajstić information content (AvgIpc) is 3.23. The van der Waals surface area contributed by atoms with Crippen molar-refractivity contribution in [2.24, 2.45) is 0 Å². The van der Waals surface area contributed by atoms with E-state index < -0.39 is 15.5 Å². The van der Waals surface area contributed by atoms with Crippen molar-refractivity contribution in [1.82, 2.24) is 9.78 Å². The van der Waals surface area contributed by atoms with Gasteiger partial charge in [-0.25, -0.2) is 4.68 Å². The summed E-state index contributed by atoms with van der Waals surface area (Å²) in [5, 5.41) is 27.9. The SMILES string of the molecule is COc1ccc(Sc2cn(-c3ccc([N+](=O)[O-])cc3[N+](=O)[O-])nc2-c2ccc(Cl)cc2)cc1. The van der Waals surface area contributed by atoms with E-state index in [-0.39, 0.29) is 11.4 Å². The normalized spacial score (nSPS) is 10.7. The summed E-state index contributed by atoms with van der Waals surface area (Å²) in [4.78, 5) is 23.0. The number of nitrogens with zero attached hydrogens (tertiary/aromatic N) is 4. The van der Waals surface area contributed by atoms with E-state index >= 15 is 0 Å². The van der Waals surface area contributed by atoms with E-state index in [1.54, 1.807) is 37.6 Å². The highest BCUT2D eigenvalue weighted by molar-refractivity contribution is 7.99. The summed E-state index contributed by atoms with van der Waals surface area (Å²) in [5.74, 6) is 0.717. The van der Waals surface area contributed by atoms with Gasteiger partial charge in [-0.1, -0.05) is 35.5 Å². The molecular weight excluding hydrogens is 468 g/mol. The lowest BCUT2D eigenvalue weighted by atomic mass is 10.2. The second kappa shape index (κ2) is 9.31. The fourth-order valence-electron chi connectivity index (χ4n) is 3.10. The van der Waals surface area contributed by atoms with Gasteiger partial charge < -0.3 is 4.74 Å². The lowest BCUT2D eigenvalue weighted by Gasteiger charge is -2.04. The van der Waals surface area contributed by atoms with Crippen LogP contribution in [0.25, 0.3) is 16.9 Å². The molecule has 3 aromatic carbocycles. The van der Waals surface area contributed by atoms with Crippen LogP contribution in [0.1, 0.15) is 0 Å². The molecule has 1 heterocycles. The number of rotatable bonds is 7. The van der Waals surface area contributed by atoms with Crippen LogP contribution in [-0.2, 0) is 0 Å². The first-order valence-electron chi connectivity index (χ1n) is 9.46. The summed E-state index contributed by atoms with van der Waals surface area (Å²) >= 11 is 7.44. The Kier molecular flexibility index (Phi) is 6.29. The van der Waals surface area contributed by atoms with E-state index in [4.69, 9.17) is 16.3 Å². The largest absolute Gasteiger partial charge is 0.497 e. The second-order valence-corrected chi connectivity index (χ2v) is 8.31. The first-order chi connectivity index (χ1) is 15.9. The van der Waals surface area contributed by atoms with Crippen molar-refractivity contribution in [1.29, 1.82) is 0 Å². The highest BCUT2D eigenvalue weighted by Crippen LogP contribution is 2.38. The van der Waals surface area contributed by atoms with E-state index in [1.807, 2.05) is 24.3 Å². The van der Waals surface area contributed by atoms with Gasteiger partial charge in [-0.15, -0.1) is 0 Å². The number of hydrogen-bond acceptors (Lipinski definition) is 7. The van der Waals surface area contributed by atoms with Crippen molar-refractivity contribution in [3.05, 3.63) is 98.2 Å². The molecule has 0 saturated carbocycles. The first kappa shape index (κ1) is 22.3. The predicted molar refractivity (Wildman–Crippen MR) is 124 cm³/mol. The third-order valence-electron chi connectivity index (χ3n) is 4.70. The zero-order chi connectivity index (χ0) is 23.5. The van der Waals surface area contributed by atoms with Crippen molar-refractivity contribution in [3.8, 4) is 22.7 Å². The summed E-state index contributed by atoms with van der Waals surface area (Å²) in [6.07, 6.45) is 1.66. The molecule has 166 valence electrons. The molecule has 9 nitrogen and oxygen atoms in total. The van der Waals surface area contributed by atoms with Crippen LogP contribution in [-0.4, -0.2) is 26.7 Å². The van der Waals surface area contributed by atoms with Crippen LogP contribution in [0.3, 0.4) is 0 Å². The molecule has 0 aliphatic carbocycles. The predicted octanol–water partition coefficient (Wildman–Crippen LogP) is 6.17. The van der Waals surface area contributed by atoms with Crippen molar-refractivity contribution in [2.45, 2.75) is 9.79 Å². The molecule has 0 aliphatic heterocycles. The van der Waals surface area contributed by atoms with E-state index in [1.165, 1.54) is 28.6 Å². The number of nitro benzene ring substituents is 2. The maximum atomic E-state index is 11.6. The molecule has 0 bridgehead atoms. The van der Waals surface area contributed by atoms with Crippen molar-refractivity contribution < 1.29 is 14.6 Å². The van der Waals surface area contributed by atoms with Crippen LogP contribution in [0.5, 0.6) is 5.75 Å². The Morgan fingerprint density at radius 3 is 2.27 bits per heavy atom. The topological polar surface area (TPSA) is 113 Å². The van der Waals surface area contributed by atoms with Crippen molar-refractivity contribution in [2.75, 3.05) is 7.11 Å². The molecule has 4 rings (SSSR count). The molecular formula is C22H15ClN4O5S. The van der Waals surface area contributed by atoms with Gasteiger partial charge in [-0.2, -0.15) is 5.10 Å². The van der Waals surface area contributed by atoms with Gasteiger partial charge in [0.15, 0.2) is 0 Å². The van der Waals surface area contributed by atoms with Crippen LogP contribution in [0.4, 0.5) is 11.4 Å². The van der Waals surface area contributed by atoms with Gasteiger partial charge in [0.1, 0.15) is 17.1 Å². The Labute approximate surface area is 196 Å². The van der Waals surface area contributed by atoms with Crippen LogP contribution in [0.2, 0.25) is 5.02 Å². The van der Waals surface area contributed by atoms with Crippen molar-refractivity contribution in [3.63, 3.8) is 0 Å². The van der Waals surface area contributed by atoms with Gasteiger partial charge in [0, 0.05) is 27.7 Å². The van der Waals surface area contributed by atoms with Gasteiger partial charge in [0.05, 0.1) is 27.9 Å². The van der Waals surface area contributed by atoms with Gasteiger partial charge in [0.25, 0.3) is 5.69 Å². The maximum Gasteiger partial charge on any atom is 0.301 e. The van der Waals surface area contributed by atoms with E-state index in [0.29, 0.717) is 10.7 Å². The van der Waals surface area contributed by atoms with Crippen LogP contribution in [0, 0.1) is 20.2 Å². The minimum Gasteiger partial charge on any atom is -0.497 e. The number of methoxy groups -OCH3 is 1. The number of hydrogen-bond donors (Lipinski definition) is 0. The maximum absolute atomic E-state index is 11.6. The van der Waals surface area contributed by atoms with E-state index in [0.717, 1.165) is 27.2 Å². The highest BCUT2D eigenvalue weighted by atomic mass is 35.5. The zero-order valence-corrected chi connectivity index (χ0v) is 18.6. The lowest BCUT2D eigenvalue weighted by molar-refractivity contribution is -0.394. The standard InChI is InChI=1S/C22H15ClN4O5S/c1-32-17-7-9-18(10-8-17)33-21-13-25(24-22(21)14-2-4-15(23)5-3-14)19-11-6-16(26(28)29)12-20(19)27(30)31/h2-13H,1H3. The molecule has 0 fully saturated rings. The summed E-state index contributed by atoms with van der Waals surface area (Å²) in [6, 6.07) is 18.0. The second-order valence-electron chi connectivity index (χ2n) is 6.76. The van der Waals surface area contributed by atoms with Crippen LogP contribution in [0.15, 0.2) is 82.7 Å². The van der Waals surface area contributed by atoms with E-state index in [9.17, 15) is 20.2 Å². The summed E-state index contributed by atoms with van der Waals surface area (Å²) in [5.41, 5.74) is 0.667. The minimum atomic E-state index is -0.677. The molecule has 0 saturated heterocycles. The molecule has 1 aromatic heterocycles. The molecule has 0 amide bonds. The smallest absolute Gasteiger partial charge is 0.301 e. The Morgan fingerprint density at radius 1 is 0.970 bits per heavy atom. The number of ether oxygens (including phenoxy) is 1. The lowest BCUT2D eigenvalue weighted by Crippen LogP contribution is -2.02. The third kappa shape index (κ3) is 4.81. The Balaban J connectivity index is 1.83. The zero-order valence-electron chi connectivity index (χ0n) is 17.0. The average molecular weight is 483 g/mol.